The molecule has 3 aromatic carbocycles. The highest BCUT2D eigenvalue weighted by Crippen LogP contribution is 2.26. The fraction of sp³-hybridized carbons (Fsp3) is 0.0800. The molecule has 0 aliphatic carbocycles. The summed E-state index contributed by atoms with van der Waals surface area (Å²) >= 11 is 7.15. The number of halogens is 2. The molecule has 0 spiro atoms. The molecule has 0 bridgehead atoms. The van der Waals surface area contributed by atoms with E-state index in [4.69, 9.17) is 0 Å². The van der Waals surface area contributed by atoms with Crippen molar-refractivity contribution in [3.8, 4) is 6.07 Å². The molecular formula is C25H18Br2N2O3. The van der Waals surface area contributed by atoms with Crippen molar-refractivity contribution in [3.63, 3.8) is 0 Å². The first-order valence-electron chi connectivity index (χ1n) is 9.54. The Morgan fingerprint density at radius 3 is 2.31 bits per heavy atom. The topological polar surface area (TPSA) is 79.2 Å². The van der Waals surface area contributed by atoms with E-state index in [0.717, 1.165) is 32.1 Å². The maximum absolute atomic E-state index is 12.5. The van der Waals surface area contributed by atoms with Gasteiger partial charge in [-0.05, 0) is 65.6 Å². The number of hydrogen-bond donors (Lipinski definition) is 1. The number of ether oxygens (including phenoxy) is 1. The Morgan fingerprint density at radius 1 is 1.00 bits per heavy atom. The number of nitrogens with one attached hydrogen (secondary N) is 1. The third-order valence-electron chi connectivity index (χ3n) is 4.66. The highest BCUT2D eigenvalue weighted by molar-refractivity contribution is 9.10. The highest BCUT2D eigenvalue weighted by Gasteiger charge is 2.12. The Kier molecular flexibility index (Phi) is 7.98. The Hall–Kier alpha value is -3.21. The minimum absolute atomic E-state index is 0.0347. The van der Waals surface area contributed by atoms with Crippen LogP contribution in [0.1, 0.15) is 27.0 Å². The van der Waals surface area contributed by atoms with Crippen molar-refractivity contribution in [1.82, 2.24) is 0 Å². The van der Waals surface area contributed by atoms with Crippen molar-refractivity contribution in [2.45, 2.75) is 6.42 Å². The molecule has 160 valence electrons. The second-order valence-corrected chi connectivity index (χ2v) is 8.52. The van der Waals surface area contributed by atoms with Crippen LogP contribution in [-0.2, 0) is 16.0 Å². The van der Waals surface area contributed by atoms with Crippen LogP contribution in [0.2, 0.25) is 0 Å². The van der Waals surface area contributed by atoms with Crippen molar-refractivity contribution in [2.24, 2.45) is 0 Å². The van der Waals surface area contributed by atoms with Gasteiger partial charge in [0, 0.05) is 14.6 Å². The van der Waals surface area contributed by atoms with Crippen molar-refractivity contribution >= 4 is 55.5 Å². The molecular weight excluding hydrogens is 536 g/mol. The van der Waals surface area contributed by atoms with Crippen LogP contribution < -0.4 is 5.32 Å². The van der Waals surface area contributed by atoms with Gasteiger partial charge in [-0.3, -0.25) is 4.79 Å². The third-order valence-corrected chi connectivity index (χ3v) is 6.17. The molecule has 0 heterocycles. The lowest BCUT2D eigenvalue weighted by molar-refractivity contribution is -0.112. The fourth-order valence-corrected chi connectivity index (χ4v) is 3.93. The summed E-state index contributed by atoms with van der Waals surface area (Å²) in [7, 11) is 1.30. The summed E-state index contributed by atoms with van der Waals surface area (Å²) in [6.45, 7) is 0. The van der Waals surface area contributed by atoms with Crippen LogP contribution in [-0.4, -0.2) is 19.0 Å². The monoisotopic (exact) mass is 552 g/mol. The summed E-state index contributed by atoms with van der Waals surface area (Å²) in [6.07, 6.45) is 2.27. The van der Waals surface area contributed by atoms with Gasteiger partial charge in [-0.15, -0.1) is 0 Å². The molecule has 0 saturated carbocycles. The first-order chi connectivity index (χ1) is 15.4. The van der Waals surface area contributed by atoms with Gasteiger partial charge in [0.25, 0.3) is 5.91 Å². The molecule has 0 aliphatic rings. The van der Waals surface area contributed by atoms with Crippen LogP contribution in [0.25, 0.3) is 6.08 Å². The molecule has 0 atom stereocenters. The second-order valence-electron chi connectivity index (χ2n) is 6.81. The van der Waals surface area contributed by atoms with Crippen molar-refractivity contribution in [2.75, 3.05) is 12.4 Å². The molecule has 3 rings (SSSR count). The van der Waals surface area contributed by atoms with Crippen LogP contribution in [0.3, 0.4) is 0 Å². The van der Waals surface area contributed by atoms with E-state index in [-0.39, 0.29) is 5.57 Å². The third kappa shape index (κ3) is 5.94. The first-order valence-corrected chi connectivity index (χ1v) is 11.1. The predicted octanol–water partition coefficient (Wildman–Crippen LogP) is 6.13. The lowest BCUT2D eigenvalue weighted by Gasteiger charge is -2.08. The number of esters is 1. The van der Waals surface area contributed by atoms with Crippen LogP contribution in [0, 0.1) is 11.3 Å². The number of anilines is 1. The maximum atomic E-state index is 12.5. The van der Waals surface area contributed by atoms with Gasteiger partial charge in [-0.2, -0.15) is 5.26 Å². The Balaban J connectivity index is 1.74. The number of carbonyl (C=O) groups excluding carboxylic acids is 2. The van der Waals surface area contributed by atoms with E-state index in [1.165, 1.54) is 25.3 Å². The zero-order chi connectivity index (χ0) is 23.1. The average Bonchev–Trinajstić information content (AvgIpc) is 2.80. The van der Waals surface area contributed by atoms with Crippen LogP contribution in [0.4, 0.5) is 5.69 Å². The lowest BCUT2D eigenvalue weighted by Crippen LogP contribution is -2.13. The Morgan fingerprint density at radius 2 is 1.69 bits per heavy atom. The van der Waals surface area contributed by atoms with E-state index in [1.54, 1.807) is 12.1 Å². The average molecular weight is 554 g/mol. The molecule has 1 amide bonds. The van der Waals surface area contributed by atoms with Gasteiger partial charge in [-0.1, -0.05) is 62.2 Å². The molecule has 5 nitrogen and oxygen atoms in total. The van der Waals surface area contributed by atoms with Crippen molar-refractivity contribution in [3.05, 3.63) is 104 Å². The predicted molar refractivity (Wildman–Crippen MR) is 131 cm³/mol. The van der Waals surface area contributed by atoms with Crippen LogP contribution in [0.15, 0.2) is 81.2 Å². The molecule has 0 fully saturated rings. The molecule has 1 N–H and O–H groups in total. The van der Waals surface area contributed by atoms with Gasteiger partial charge >= 0.3 is 5.97 Å². The number of nitrogens with zero attached hydrogens (tertiary/aromatic N) is 1. The maximum Gasteiger partial charge on any atom is 0.337 e. The summed E-state index contributed by atoms with van der Waals surface area (Å²) < 4.78 is 6.58. The van der Waals surface area contributed by atoms with Gasteiger partial charge in [0.15, 0.2) is 0 Å². The molecule has 32 heavy (non-hydrogen) atoms. The van der Waals surface area contributed by atoms with Crippen molar-refractivity contribution < 1.29 is 14.3 Å². The summed E-state index contributed by atoms with van der Waals surface area (Å²) in [5, 5.41) is 12.1. The fourth-order valence-electron chi connectivity index (χ4n) is 2.96. The summed E-state index contributed by atoms with van der Waals surface area (Å²) in [5.41, 5.74) is 3.77. The molecule has 0 unspecified atom stereocenters. The largest absolute Gasteiger partial charge is 0.465 e. The van der Waals surface area contributed by atoms with Crippen LogP contribution >= 0.6 is 31.9 Å². The summed E-state index contributed by atoms with van der Waals surface area (Å²) in [6, 6.07) is 21.9. The molecule has 0 aliphatic heterocycles. The minimum Gasteiger partial charge on any atom is -0.465 e. The molecule has 0 saturated heterocycles. The summed E-state index contributed by atoms with van der Waals surface area (Å²) in [5.74, 6) is -0.999. The van der Waals surface area contributed by atoms with E-state index in [9.17, 15) is 14.9 Å². The smallest absolute Gasteiger partial charge is 0.337 e. The van der Waals surface area contributed by atoms with E-state index in [0.29, 0.717) is 11.3 Å². The standard InChI is InChI=1S/C25H18Br2N2O3/c1-32-25(31)17-8-10-21(11-9-17)29-24(30)20(15-28)12-16-6-7-19(23(27)13-16)14-18-4-2-3-5-22(18)26/h2-13H,14H2,1H3,(H,29,30)/b20-12+. The highest BCUT2D eigenvalue weighted by atomic mass is 79.9. The number of hydrogen-bond acceptors (Lipinski definition) is 4. The first kappa shape index (κ1) is 23.5. The molecule has 0 aromatic heterocycles. The minimum atomic E-state index is -0.535. The number of benzene rings is 3. The number of methoxy groups -OCH3 is 1. The van der Waals surface area contributed by atoms with Gasteiger partial charge < -0.3 is 10.1 Å². The molecule has 0 radical (unpaired) electrons. The van der Waals surface area contributed by atoms with E-state index in [1.807, 2.05) is 42.5 Å². The number of carbonyl (C=O) groups is 2. The normalized spacial score (nSPS) is 10.9. The second kappa shape index (κ2) is 10.9. The van der Waals surface area contributed by atoms with E-state index in [2.05, 4.69) is 48.0 Å². The zero-order valence-corrected chi connectivity index (χ0v) is 20.2. The van der Waals surface area contributed by atoms with Crippen molar-refractivity contribution in [1.29, 1.82) is 5.26 Å². The zero-order valence-electron chi connectivity index (χ0n) is 17.1. The SMILES string of the molecule is COC(=O)c1ccc(NC(=O)/C(C#N)=C/c2ccc(Cc3ccccc3Br)c(Br)c2)cc1. The quantitative estimate of drug-likeness (QED) is 0.226. The molecule has 7 heteroatoms. The molecule has 3 aromatic rings. The van der Waals surface area contributed by atoms with Crippen LogP contribution in [0.5, 0.6) is 0 Å². The van der Waals surface area contributed by atoms with Gasteiger partial charge in [-0.25, -0.2) is 4.79 Å². The van der Waals surface area contributed by atoms with Gasteiger partial charge in [0.2, 0.25) is 0 Å². The lowest BCUT2D eigenvalue weighted by atomic mass is 10.0. The number of nitriles is 1. The van der Waals surface area contributed by atoms with E-state index < -0.39 is 11.9 Å². The van der Waals surface area contributed by atoms with Gasteiger partial charge in [0.05, 0.1) is 12.7 Å². The number of rotatable bonds is 6. The Labute approximate surface area is 203 Å². The van der Waals surface area contributed by atoms with E-state index >= 15 is 0 Å². The Bertz CT molecular complexity index is 1230. The number of amides is 1. The summed E-state index contributed by atoms with van der Waals surface area (Å²) in [4.78, 5) is 24.1. The van der Waals surface area contributed by atoms with Gasteiger partial charge in [0.1, 0.15) is 11.6 Å².